The van der Waals surface area contributed by atoms with Gasteiger partial charge in [-0.15, -0.1) is 0 Å². The average Bonchev–Trinajstić information content (AvgIpc) is 2.58. The van der Waals surface area contributed by atoms with Gasteiger partial charge in [0.05, 0.1) is 11.3 Å². The van der Waals surface area contributed by atoms with Gasteiger partial charge in [-0.2, -0.15) is 23.5 Å². The minimum Gasteiger partial charge on any atom is -0.449 e. The van der Waals surface area contributed by atoms with Crippen LogP contribution in [0.5, 0.6) is 11.5 Å². The van der Waals surface area contributed by atoms with Crippen LogP contribution < -0.4 is 15.9 Å². The summed E-state index contributed by atoms with van der Waals surface area (Å²) < 4.78 is 70.7. The monoisotopic (exact) mass is 383 g/mol. The van der Waals surface area contributed by atoms with Gasteiger partial charge in [0.15, 0.2) is 29.0 Å². The van der Waals surface area contributed by atoms with Crippen LogP contribution in [0.25, 0.3) is 0 Å². The van der Waals surface area contributed by atoms with E-state index < -0.39 is 40.7 Å². The van der Waals surface area contributed by atoms with Crippen LogP contribution in [0.3, 0.4) is 0 Å². The van der Waals surface area contributed by atoms with Crippen molar-refractivity contribution in [3.05, 3.63) is 53.6 Å². The van der Waals surface area contributed by atoms with Gasteiger partial charge in [-0.1, -0.05) is 12.1 Å². The Hall–Kier alpha value is -3.68. The number of nitrogens with zero attached hydrogens (tertiary/aromatic N) is 2. The number of benzene rings is 2. The zero-order chi connectivity index (χ0) is 20.2. The maximum atomic E-state index is 13.9. The van der Waals surface area contributed by atoms with Crippen molar-refractivity contribution in [1.82, 2.24) is 0 Å². The van der Waals surface area contributed by atoms with Crippen LogP contribution in [-0.2, 0) is 6.18 Å². The molecule has 11 heteroatoms. The summed E-state index contributed by atoms with van der Waals surface area (Å²) in [6.45, 7) is 0. The highest BCUT2D eigenvalue weighted by Crippen LogP contribution is 2.37. The highest BCUT2D eigenvalue weighted by molar-refractivity contribution is 6.45. The zero-order valence-corrected chi connectivity index (χ0v) is 13.2. The number of anilines is 1. The number of amidine groups is 1. The molecule has 0 aliphatic heterocycles. The number of nitrogens with two attached hydrogens (primary N) is 1. The molecule has 0 fully saturated rings. The number of para-hydroxylation sites is 2. The minimum absolute atomic E-state index is 0.0187. The van der Waals surface area contributed by atoms with Crippen LogP contribution >= 0.6 is 0 Å². The first-order valence-corrected chi connectivity index (χ1v) is 7.04. The molecule has 0 bridgehead atoms. The van der Waals surface area contributed by atoms with E-state index in [0.29, 0.717) is 0 Å². The molecule has 0 heterocycles. The van der Waals surface area contributed by atoms with Gasteiger partial charge >= 0.3 is 6.18 Å². The van der Waals surface area contributed by atoms with Crippen LogP contribution in [0.15, 0.2) is 41.5 Å². The SMILES string of the molecule is N#C/C(=N\Nc1ccccc1Oc1c(F)cc(C(F)(F)F)cc1F)C(=N)N. The van der Waals surface area contributed by atoms with Gasteiger partial charge in [0.2, 0.25) is 5.71 Å². The molecule has 6 nitrogen and oxygen atoms in total. The Balaban J connectivity index is 2.37. The number of nitrogens with one attached hydrogen (secondary N) is 2. The van der Waals surface area contributed by atoms with E-state index >= 15 is 0 Å². The Morgan fingerprint density at radius 2 is 1.78 bits per heavy atom. The van der Waals surface area contributed by atoms with Crippen LogP contribution in [-0.4, -0.2) is 11.5 Å². The first-order valence-electron chi connectivity index (χ1n) is 7.04. The largest absolute Gasteiger partial charge is 0.449 e. The van der Waals surface area contributed by atoms with Crippen molar-refractivity contribution in [3.8, 4) is 17.6 Å². The quantitative estimate of drug-likeness (QED) is 0.314. The van der Waals surface area contributed by atoms with Gasteiger partial charge in [0.25, 0.3) is 0 Å². The number of ether oxygens (including phenoxy) is 1. The molecule has 4 N–H and O–H groups in total. The van der Waals surface area contributed by atoms with Crippen molar-refractivity contribution < 1.29 is 26.7 Å². The van der Waals surface area contributed by atoms with Crippen LogP contribution in [0.4, 0.5) is 27.6 Å². The number of nitriles is 1. The smallest absolute Gasteiger partial charge is 0.416 e. The van der Waals surface area contributed by atoms with E-state index in [1.807, 2.05) is 0 Å². The number of rotatable bonds is 5. The lowest BCUT2D eigenvalue weighted by Crippen LogP contribution is -2.21. The minimum atomic E-state index is -4.92. The van der Waals surface area contributed by atoms with Gasteiger partial charge in [-0.05, 0) is 24.3 Å². The molecule has 27 heavy (non-hydrogen) atoms. The van der Waals surface area contributed by atoms with E-state index in [2.05, 4.69) is 10.5 Å². The van der Waals surface area contributed by atoms with Crippen LogP contribution in [0, 0.1) is 28.4 Å². The molecule has 0 amide bonds. The topological polar surface area (TPSA) is 107 Å². The molecule has 140 valence electrons. The average molecular weight is 383 g/mol. The third kappa shape index (κ3) is 4.69. The van der Waals surface area contributed by atoms with Gasteiger partial charge in [-0.25, -0.2) is 8.78 Å². The Kier molecular flexibility index (Phi) is 5.60. The van der Waals surface area contributed by atoms with E-state index in [1.54, 1.807) is 6.07 Å². The zero-order valence-electron chi connectivity index (χ0n) is 13.2. The number of alkyl halides is 3. The first-order chi connectivity index (χ1) is 12.6. The van der Waals surface area contributed by atoms with Gasteiger partial charge in [0.1, 0.15) is 6.07 Å². The predicted molar refractivity (Wildman–Crippen MR) is 86.5 cm³/mol. The molecule has 2 rings (SSSR count). The molecule has 2 aromatic rings. The standard InChI is InChI=1S/C16H10F5N5O/c17-9-5-8(16(19,20)21)6-10(18)14(9)27-13-4-2-1-3-11(13)25-26-12(7-22)15(23)24/h1-6,25H,(H3,23,24)/b26-12+. The summed E-state index contributed by atoms with van der Waals surface area (Å²) in [7, 11) is 0. The van der Waals surface area contributed by atoms with E-state index in [4.69, 9.17) is 21.1 Å². The van der Waals surface area contributed by atoms with Crippen molar-refractivity contribution in [2.75, 3.05) is 5.43 Å². The normalized spacial score (nSPS) is 11.6. The highest BCUT2D eigenvalue weighted by atomic mass is 19.4. The van der Waals surface area contributed by atoms with Gasteiger partial charge in [0, 0.05) is 0 Å². The van der Waals surface area contributed by atoms with E-state index in [9.17, 15) is 22.0 Å². The van der Waals surface area contributed by atoms with Gasteiger partial charge in [-0.3, -0.25) is 10.8 Å². The van der Waals surface area contributed by atoms with Crippen molar-refractivity contribution in [3.63, 3.8) is 0 Å². The molecule has 0 radical (unpaired) electrons. The lowest BCUT2D eigenvalue weighted by Gasteiger charge is -2.14. The fourth-order valence-corrected chi connectivity index (χ4v) is 1.84. The predicted octanol–water partition coefficient (Wildman–Crippen LogP) is 4.00. The summed E-state index contributed by atoms with van der Waals surface area (Å²) in [5.74, 6) is -4.97. The molecule has 2 aromatic carbocycles. The van der Waals surface area contributed by atoms with E-state index in [-0.39, 0.29) is 23.6 Å². The van der Waals surface area contributed by atoms with Crippen molar-refractivity contribution in [2.45, 2.75) is 6.18 Å². The van der Waals surface area contributed by atoms with E-state index in [1.165, 1.54) is 24.3 Å². The molecule has 0 atom stereocenters. The second kappa shape index (κ2) is 7.69. The summed E-state index contributed by atoms with van der Waals surface area (Å²) >= 11 is 0. The fourth-order valence-electron chi connectivity index (χ4n) is 1.84. The van der Waals surface area contributed by atoms with E-state index in [0.717, 1.165) is 0 Å². The number of hydrazone groups is 1. The molecule has 0 spiro atoms. The second-order valence-corrected chi connectivity index (χ2v) is 4.96. The molecule has 0 unspecified atom stereocenters. The summed E-state index contributed by atoms with van der Waals surface area (Å²) in [4.78, 5) is 0. The van der Waals surface area contributed by atoms with Crippen LogP contribution in [0.1, 0.15) is 5.56 Å². The number of hydrogen-bond acceptors (Lipinski definition) is 5. The summed E-state index contributed by atoms with van der Waals surface area (Å²) in [5, 5.41) is 19.5. The first kappa shape index (κ1) is 19.6. The number of hydrogen-bond donors (Lipinski definition) is 3. The second-order valence-electron chi connectivity index (χ2n) is 4.96. The Morgan fingerprint density at radius 3 is 2.30 bits per heavy atom. The third-order valence-corrected chi connectivity index (χ3v) is 3.07. The fraction of sp³-hybridized carbons (Fsp3) is 0.0625. The maximum Gasteiger partial charge on any atom is 0.416 e. The van der Waals surface area contributed by atoms with Crippen LogP contribution in [0.2, 0.25) is 0 Å². The summed E-state index contributed by atoms with van der Waals surface area (Å²) in [6, 6.07) is 7.30. The molecule has 0 aliphatic rings. The molecular weight excluding hydrogens is 373 g/mol. The van der Waals surface area contributed by atoms with Crippen molar-refractivity contribution in [1.29, 1.82) is 10.7 Å². The lowest BCUT2D eigenvalue weighted by atomic mass is 10.2. The molecular formula is C16H10F5N5O. The number of halogens is 5. The molecule has 0 aromatic heterocycles. The third-order valence-electron chi connectivity index (χ3n) is 3.07. The Labute approximate surface area is 149 Å². The Bertz CT molecular complexity index is 926. The van der Waals surface area contributed by atoms with Gasteiger partial charge < -0.3 is 10.5 Å². The maximum absolute atomic E-state index is 13.9. The summed E-state index contributed by atoms with van der Waals surface area (Å²) in [6.07, 6.45) is -4.92. The highest BCUT2D eigenvalue weighted by Gasteiger charge is 2.33. The molecule has 0 saturated carbocycles. The lowest BCUT2D eigenvalue weighted by molar-refractivity contribution is -0.138. The van der Waals surface area contributed by atoms with Crippen molar-refractivity contribution in [2.24, 2.45) is 10.8 Å². The summed E-state index contributed by atoms with van der Waals surface area (Å²) in [5.41, 5.74) is 5.52. The molecule has 0 saturated heterocycles. The Morgan fingerprint density at radius 1 is 1.19 bits per heavy atom. The molecule has 0 aliphatic carbocycles. The van der Waals surface area contributed by atoms with Crippen molar-refractivity contribution >= 4 is 17.2 Å².